The lowest BCUT2D eigenvalue weighted by molar-refractivity contribution is -0.118. The molecular weight excluding hydrogens is 330 g/mol. The molecule has 0 aliphatic rings. The molecule has 6 heteroatoms. The number of amides is 1. The third-order valence-electron chi connectivity index (χ3n) is 3.89. The van der Waals surface area contributed by atoms with E-state index in [0.717, 1.165) is 22.0 Å². The Bertz CT molecular complexity index is 1020. The van der Waals surface area contributed by atoms with Crippen molar-refractivity contribution < 1.29 is 13.9 Å². The highest BCUT2D eigenvalue weighted by molar-refractivity contribution is 6.02. The van der Waals surface area contributed by atoms with Crippen LogP contribution in [0, 0.1) is 0 Å². The molecule has 0 aliphatic heterocycles. The van der Waals surface area contributed by atoms with Crippen LogP contribution >= 0.6 is 0 Å². The molecule has 0 unspecified atom stereocenters. The monoisotopic (exact) mass is 345 g/mol. The number of ether oxygens (including phenoxy) is 1. The van der Waals surface area contributed by atoms with E-state index in [2.05, 4.69) is 15.5 Å². The number of hydrogen-bond donors (Lipinski definition) is 1. The van der Waals surface area contributed by atoms with Crippen LogP contribution < -0.4 is 10.1 Å². The Labute approximate surface area is 149 Å². The third kappa shape index (κ3) is 3.39. The van der Waals surface area contributed by atoms with Crippen LogP contribution in [0.25, 0.3) is 22.2 Å². The van der Waals surface area contributed by atoms with E-state index >= 15 is 0 Å². The van der Waals surface area contributed by atoms with Gasteiger partial charge in [-0.15, -0.1) is 10.2 Å². The predicted octanol–water partition coefficient (Wildman–Crippen LogP) is 3.91. The molecule has 4 aromatic rings. The van der Waals surface area contributed by atoms with E-state index in [9.17, 15) is 4.79 Å². The maximum Gasteiger partial charge on any atom is 0.262 e. The largest absolute Gasteiger partial charge is 0.484 e. The molecule has 128 valence electrons. The van der Waals surface area contributed by atoms with Gasteiger partial charge in [0.05, 0.1) is 0 Å². The molecular formula is C20H15N3O3. The predicted molar refractivity (Wildman–Crippen MR) is 97.8 cm³/mol. The molecule has 0 bridgehead atoms. The van der Waals surface area contributed by atoms with Crippen molar-refractivity contribution in [1.82, 2.24) is 10.2 Å². The van der Waals surface area contributed by atoms with Gasteiger partial charge in [-0.25, -0.2) is 0 Å². The Morgan fingerprint density at radius 1 is 1.00 bits per heavy atom. The molecule has 4 rings (SSSR count). The van der Waals surface area contributed by atoms with Crippen LogP contribution in [0.5, 0.6) is 5.75 Å². The Balaban J connectivity index is 1.39. The number of hydrogen-bond acceptors (Lipinski definition) is 5. The molecule has 26 heavy (non-hydrogen) atoms. The normalized spacial score (nSPS) is 10.6. The fourth-order valence-electron chi connectivity index (χ4n) is 2.66. The van der Waals surface area contributed by atoms with Crippen molar-refractivity contribution in [2.24, 2.45) is 0 Å². The van der Waals surface area contributed by atoms with E-state index in [1.807, 2.05) is 42.5 Å². The molecule has 6 nitrogen and oxygen atoms in total. The third-order valence-corrected chi connectivity index (χ3v) is 3.89. The molecule has 1 aromatic heterocycles. The molecule has 1 amide bonds. The first-order valence-corrected chi connectivity index (χ1v) is 8.06. The average molecular weight is 345 g/mol. The highest BCUT2D eigenvalue weighted by Crippen LogP contribution is 2.23. The van der Waals surface area contributed by atoms with Crippen molar-refractivity contribution in [3.8, 4) is 17.2 Å². The van der Waals surface area contributed by atoms with Gasteiger partial charge in [0.2, 0.25) is 12.3 Å². The second-order valence-corrected chi connectivity index (χ2v) is 5.63. The Kier molecular flexibility index (Phi) is 4.30. The number of fused-ring (bicyclic) bond motifs is 1. The molecule has 1 N–H and O–H groups in total. The van der Waals surface area contributed by atoms with Gasteiger partial charge in [-0.2, -0.15) is 0 Å². The smallest absolute Gasteiger partial charge is 0.262 e. The summed E-state index contributed by atoms with van der Waals surface area (Å²) in [6.45, 7) is -0.0802. The van der Waals surface area contributed by atoms with Gasteiger partial charge in [-0.05, 0) is 35.7 Å². The van der Waals surface area contributed by atoms with Crippen LogP contribution in [0.2, 0.25) is 0 Å². The standard InChI is InChI=1S/C20H15N3O3/c24-19(22-18-7-3-5-14-4-1-2-6-17(14)18)12-25-16-10-8-15(9-11-16)20-23-21-13-26-20/h1-11,13H,12H2,(H,22,24). The zero-order valence-electron chi connectivity index (χ0n) is 13.8. The zero-order valence-corrected chi connectivity index (χ0v) is 13.8. The Morgan fingerprint density at radius 2 is 1.81 bits per heavy atom. The quantitative estimate of drug-likeness (QED) is 0.593. The topological polar surface area (TPSA) is 77.2 Å². The van der Waals surface area contributed by atoms with Crippen molar-refractivity contribution >= 4 is 22.4 Å². The van der Waals surface area contributed by atoms with Gasteiger partial charge in [0.25, 0.3) is 5.91 Å². The van der Waals surface area contributed by atoms with Gasteiger partial charge in [0.15, 0.2) is 6.61 Å². The summed E-state index contributed by atoms with van der Waals surface area (Å²) in [7, 11) is 0. The minimum absolute atomic E-state index is 0.0802. The lowest BCUT2D eigenvalue weighted by atomic mass is 10.1. The molecule has 0 aliphatic carbocycles. The first kappa shape index (κ1) is 15.8. The first-order valence-electron chi connectivity index (χ1n) is 8.06. The first-order chi connectivity index (χ1) is 12.8. The molecule has 0 saturated heterocycles. The van der Waals surface area contributed by atoms with Gasteiger partial charge >= 0.3 is 0 Å². The van der Waals surface area contributed by atoms with E-state index < -0.39 is 0 Å². The summed E-state index contributed by atoms with van der Waals surface area (Å²) >= 11 is 0. The number of aromatic nitrogens is 2. The minimum Gasteiger partial charge on any atom is -0.484 e. The minimum atomic E-state index is -0.220. The summed E-state index contributed by atoms with van der Waals surface area (Å²) in [5, 5.41) is 12.4. The summed E-state index contributed by atoms with van der Waals surface area (Å²) in [4.78, 5) is 12.2. The summed E-state index contributed by atoms with van der Waals surface area (Å²) in [5.74, 6) is 0.800. The molecule has 0 saturated carbocycles. The lowest BCUT2D eigenvalue weighted by Gasteiger charge is -2.10. The van der Waals surface area contributed by atoms with Gasteiger partial charge in [-0.1, -0.05) is 36.4 Å². The maximum atomic E-state index is 12.2. The SMILES string of the molecule is O=C(COc1ccc(-c2nnco2)cc1)Nc1cccc2ccccc12. The summed E-state index contributed by atoms with van der Waals surface area (Å²) < 4.78 is 10.7. The number of nitrogens with one attached hydrogen (secondary N) is 1. The highest BCUT2D eigenvalue weighted by Gasteiger charge is 2.08. The maximum absolute atomic E-state index is 12.2. The number of rotatable bonds is 5. The molecule has 0 atom stereocenters. The lowest BCUT2D eigenvalue weighted by Crippen LogP contribution is -2.20. The van der Waals surface area contributed by atoms with Crippen LogP contribution in [0.15, 0.2) is 77.5 Å². The number of nitrogens with zero attached hydrogens (tertiary/aromatic N) is 2. The van der Waals surface area contributed by atoms with E-state index in [1.54, 1.807) is 24.3 Å². The fourth-order valence-corrected chi connectivity index (χ4v) is 2.66. The van der Waals surface area contributed by atoms with Crippen molar-refractivity contribution in [2.75, 3.05) is 11.9 Å². The van der Waals surface area contributed by atoms with Crippen LogP contribution in [0.1, 0.15) is 0 Å². The van der Waals surface area contributed by atoms with Gasteiger partial charge in [-0.3, -0.25) is 4.79 Å². The van der Waals surface area contributed by atoms with Crippen molar-refractivity contribution in [3.63, 3.8) is 0 Å². The number of anilines is 1. The molecule has 0 spiro atoms. The molecule has 0 fully saturated rings. The zero-order chi connectivity index (χ0) is 17.8. The summed E-state index contributed by atoms with van der Waals surface area (Å²) in [6, 6.07) is 20.8. The summed E-state index contributed by atoms with van der Waals surface area (Å²) in [5.41, 5.74) is 1.55. The van der Waals surface area contributed by atoms with E-state index in [0.29, 0.717) is 11.6 Å². The van der Waals surface area contributed by atoms with E-state index in [1.165, 1.54) is 6.39 Å². The van der Waals surface area contributed by atoms with Crippen LogP contribution in [0.4, 0.5) is 5.69 Å². The molecule has 0 radical (unpaired) electrons. The van der Waals surface area contributed by atoms with Gasteiger partial charge < -0.3 is 14.5 Å². The van der Waals surface area contributed by atoms with Crippen LogP contribution in [-0.2, 0) is 4.79 Å². The Morgan fingerprint density at radius 3 is 2.62 bits per heavy atom. The highest BCUT2D eigenvalue weighted by atomic mass is 16.5. The van der Waals surface area contributed by atoms with Crippen LogP contribution in [-0.4, -0.2) is 22.7 Å². The fraction of sp³-hybridized carbons (Fsp3) is 0.0500. The number of benzene rings is 3. The van der Waals surface area contributed by atoms with Crippen molar-refractivity contribution in [2.45, 2.75) is 0 Å². The molecule has 3 aromatic carbocycles. The van der Waals surface area contributed by atoms with Gasteiger partial charge in [0.1, 0.15) is 5.75 Å². The van der Waals surface area contributed by atoms with E-state index in [4.69, 9.17) is 9.15 Å². The summed E-state index contributed by atoms with van der Waals surface area (Å²) in [6.07, 6.45) is 1.28. The van der Waals surface area contributed by atoms with Crippen LogP contribution in [0.3, 0.4) is 0 Å². The van der Waals surface area contributed by atoms with Crippen molar-refractivity contribution in [1.29, 1.82) is 0 Å². The molecule has 1 heterocycles. The second kappa shape index (κ2) is 7.06. The average Bonchev–Trinajstić information content (AvgIpc) is 3.22. The van der Waals surface area contributed by atoms with E-state index in [-0.39, 0.29) is 12.5 Å². The van der Waals surface area contributed by atoms with Crippen molar-refractivity contribution in [3.05, 3.63) is 73.1 Å². The number of carbonyl (C=O) groups excluding carboxylic acids is 1. The second-order valence-electron chi connectivity index (χ2n) is 5.63. The number of carbonyl (C=O) groups is 1. The Hall–Kier alpha value is -3.67. The van der Waals surface area contributed by atoms with Gasteiger partial charge in [0, 0.05) is 16.6 Å².